The lowest BCUT2D eigenvalue weighted by Gasteiger charge is -2.07. The van der Waals surface area contributed by atoms with Gasteiger partial charge in [-0.3, -0.25) is 0 Å². The molecule has 0 unspecified atom stereocenters. The predicted octanol–water partition coefficient (Wildman–Crippen LogP) is 4.03. The number of para-hydroxylation sites is 2. The van der Waals surface area contributed by atoms with Crippen molar-refractivity contribution in [3.8, 4) is 0 Å². The van der Waals surface area contributed by atoms with Gasteiger partial charge in [0.15, 0.2) is 0 Å². The molecule has 3 rings (SSSR count). The number of rotatable bonds is 3. The van der Waals surface area contributed by atoms with Gasteiger partial charge in [0.05, 0.1) is 16.7 Å². The van der Waals surface area contributed by atoms with Gasteiger partial charge in [-0.15, -0.1) is 0 Å². The second kappa shape index (κ2) is 5.64. The van der Waals surface area contributed by atoms with Crippen molar-refractivity contribution in [1.82, 2.24) is 9.55 Å². The van der Waals surface area contributed by atoms with Gasteiger partial charge in [-0.2, -0.15) is 5.10 Å². The summed E-state index contributed by atoms with van der Waals surface area (Å²) in [4.78, 5) is 4.56. The van der Waals surface area contributed by atoms with E-state index in [9.17, 15) is 0 Å². The number of hydrogen-bond acceptors (Lipinski definition) is 3. The largest absolute Gasteiger partial charge is 0.312 e. The summed E-state index contributed by atoms with van der Waals surface area (Å²) in [6.07, 6.45) is 0. The van der Waals surface area contributed by atoms with Crippen LogP contribution in [0, 0.1) is 13.8 Å². The molecule has 0 aliphatic rings. The first kappa shape index (κ1) is 14.3. The summed E-state index contributed by atoms with van der Waals surface area (Å²) in [5, 5.41) is 4.51. The maximum atomic E-state index is 4.56. The number of benzene rings is 2. The predicted molar refractivity (Wildman–Crippen MR) is 92.5 cm³/mol. The quantitative estimate of drug-likeness (QED) is 0.585. The Morgan fingerprint density at radius 2 is 1.91 bits per heavy atom. The third-order valence-electron chi connectivity index (χ3n) is 3.89. The Morgan fingerprint density at radius 1 is 1.14 bits per heavy atom. The Hall–Kier alpha value is -2.62. The lowest BCUT2D eigenvalue weighted by Crippen LogP contribution is -2.05. The van der Waals surface area contributed by atoms with Gasteiger partial charge in [-0.1, -0.05) is 29.8 Å². The van der Waals surface area contributed by atoms with Crippen LogP contribution in [0.5, 0.6) is 0 Å². The Balaban J connectivity index is 1.92. The molecule has 0 atom stereocenters. The lowest BCUT2D eigenvalue weighted by atomic mass is 10.0. The minimum atomic E-state index is 0.742. The molecule has 0 aliphatic carbocycles. The highest BCUT2D eigenvalue weighted by Gasteiger charge is 2.07. The van der Waals surface area contributed by atoms with Crippen LogP contribution in [0.1, 0.15) is 23.6 Å². The van der Waals surface area contributed by atoms with Crippen LogP contribution < -0.4 is 5.43 Å². The highest BCUT2D eigenvalue weighted by molar-refractivity contribution is 6.00. The van der Waals surface area contributed by atoms with Crippen LogP contribution in [-0.4, -0.2) is 15.3 Å². The highest BCUT2D eigenvalue weighted by atomic mass is 15.4. The number of aryl methyl sites for hydroxylation is 3. The molecule has 0 saturated heterocycles. The van der Waals surface area contributed by atoms with Crippen LogP contribution in [0.2, 0.25) is 0 Å². The topological polar surface area (TPSA) is 42.2 Å². The van der Waals surface area contributed by atoms with Gasteiger partial charge in [0.2, 0.25) is 5.95 Å². The zero-order valence-corrected chi connectivity index (χ0v) is 13.4. The summed E-state index contributed by atoms with van der Waals surface area (Å²) in [5.41, 5.74) is 9.71. The third kappa shape index (κ3) is 2.60. The van der Waals surface area contributed by atoms with Crippen molar-refractivity contribution in [1.29, 1.82) is 0 Å². The van der Waals surface area contributed by atoms with E-state index in [1.807, 2.05) is 36.7 Å². The van der Waals surface area contributed by atoms with Gasteiger partial charge in [-0.05, 0) is 44.5 Å². The molecule has 1 aromatic heterocycles. The molecule has 4 nitrogen and oxygen atoms in total. The second-order valence-electron chi connectivity index (χ2n) is 5.61. The monoisotopic (exact) mass is 292 g/mol. The molecule has 22 heavy (non-hydrogen) atoms. The first-order chi connectivity index (χ1) is 10.6. The second-order valence-corrected chi connectivity index (χ2v) is 5.61. The molecule has 112 valence electrons. The number of hydrogen-bond donors (Lipinski definition) is 1. The standard InChI is InChI=1S/C18H20N4/c1-12-9-10-13(2)15(11-12)14(3)20-21-18-19-16-7-5-6-8-17(16)22(18)4/h5-11H,1-4H3,(H,19,21)/b20-14+. The Morgan fingerprint density at radius 3 is 2.68 bits per heavy atom. The molecule has 1 heterocycles. The number of aromatic nitrogens is 2. The Bertz CT molecular complexity index is 859. The number of nitrogens with zero attached hydrogens (tertiary/aromatic N) is 3. The van der Waals surface area contributed by atoms with Crippen molar-refractivity contribution >= 4 is 22.7 Å². The van der Waals surface area contributed by atoms with E-state index >= 15 is 0 Å². The lowest BCUT2D eigenvalue weighted by molar-refractivity contribution is 0.942. The fraction of sp³-hybridized carbons (Fsp3) is 0.222. The maximum Gasteiger partial charge on any atom is 0.224 e. The van der Waals surface area contributed by atoms with E-state index in [4.69, 9.17) is 0 Å². The molecular weight excluding hydrogens is 272 g/mol. The molecule has 0 amide bonds. The maximum absolute atomic E-state index is 4.56. The van der Waals surface area contributed by atoms with E-state index in [0.717, 1.165) is 28.3 Å². The van der Waals surface area contributed by atoms with Gasteiger partial charge in [0.25, 0.3) is 0 Å². The SMILES string of the molecule is C/C(=N\Nc1nc2ccccc2n1C)c1cc(C)ccc1C. The molecule has 0 aliphatic heterocycles. The van der Waals surface area contributed by atoms with Crippen LogP contribution in [0.25, 0.3) is 11.0 Å². The van der Waals surface area contributed by atoms with Crippen molar-refractivity contribution in [3.05, 3.63) is 59.2 Å². The van der Waals surface area contributed by atoms with Gasteiger partial charge >= 0.3 is 0 Å². The molecule has 0 spiro atoms. The van der Waals surface area contributed by atoms with E-state index in [2.05, 4.69) is 53.6 Å². The number of anilines is 1. The fourth-order valence-corrected chi connectivity index (χ4v) is 2.57. The van der Waals surface area contributed by atoms with E-state index in [0.29, 0.717) is 0 Å². The molecule has 0 saturated carbocycles. The minimum absolute atomic E-state index is 0.742. The highest BCUT2D eigenvalue weighted by Crippen LogP contribution is 2.18. The molecule has 2 aromatic carbocycles. The normalized spacial score (nSPS) is 11.9. The number of nitrogens with one attached hydrogen (secondary N) is 1. The molecular formula is C18H20N4. The zero-order chi connectivity index (χ0) is 15.7. The molecule has 3 aromatic rings. The van der Waals surface area contributed by atoms with Crippen LogP contribution in [0.3, 0.4) is 0 Å². The van der Waals surface area contributed by atoms with Crippen molar-refractivity contribution in [2.24, 2.45) is 12.1 Å². The van der Waals surface area contributed by atoms with E-state index in [1.165, 1.54) is 11.1 Å². The van der Waals surface area contributed by atoms with Crippen LogP contribution >= 0.6 is 0 Å². The van der Waals surface area contributed by atoms with Crippen molar-refractivity contribution < 1.29 is 0 Å². The molecule has 1 N–H and O–H groups in total. The third-order valence-corrected chi connectivity index (χ3v) is 3.89. The zero-order valence-electron chi connectivity index (χ0n) is 13.4. The smallest absolute Gasteiger partial charge is 0.224 e. The molecule has 0 radical (unpaired) electrons. The van der Waals surface area contributed by atoms with Crippen LogP contribution in [-0.2, 0) is 7.05 Å². The molecule has 0 bridgehead atoms. The Labute approximate surface area is 130 Å². The summed E-state index contributed by atoms with van der Waals surface area (Å²) in [7, 11) is 1.99. The summed E-state index contributed by atoms with van der Waals surface area (Å²) < 4.78 is 2.01. The summed E-state index contributed by atoms with van der Waals surface area (Å²) in [6.45, 7) is 6.20. The first-order valence-electron chi connectivity index (χ1n) is 7.35. The average Bonchev–Trinajstić information content (AvgIpc) is 2.84. The first-order valence-corrected chi connectivity index (χ1v) is 7.35. The summed E-state index contributed by atoms with van der Waals surface area (Å²) in [5.74, 6) is 0.742. The van der Waals surface area contributed by atoms with E-state index in [-0.39, 0.29) is 0 Å². The summed E-state index contributed by atoms with van der Waals surface area (Å²) >= 11 is 0. The van der Waals surface area contributed by atoms with E-state index < -0.39 is 0 Å². The van der Waals surface area contributed by atoms with Crippen molar-refractivity contribution in [2.75, 3.05) is 5.43 Å². The van der Waals surface area contributed by atoms with Gasteiger partial charge in [0.1, 0.15) is 0 Å². The van der Waals surface area contributed by atoms with Gasteiger partial charge in [0, 0.05) is 12.6 Å². The van der Waals surface area contributed by atoms with E-state index in [1.54, 1.807) is 0 Å². The van der Waals surface area contributed by atoms with Crippen LogP contribution in [0.4, 0.5) is 5.95 Å². The molecule has 4 heteroatoms. The molecule has 0 fully saturated rings. The minimum Gasteiger partial charge on any atom is -0.312 e. The number of fused-ring (bicyclic) bond motifs is 1. The summed E-state index contributed by atoms with van der Waals surface area (Å²) in [6, 6.07) is 14.5. The van der Waals surface area contributed by atoms with Crippen LogP contribution in [0.15, 0.2) is 47.6 Å². The van der Waals surface area contributed by atoms with Gasteiger partial charge in [-0.25, -0.2) is 10.4 Å². The average molecular weight is 292 g/mol. The van der Waals surface area contributed by atoms with Gasteiger partial charge < -0.3 is 4.57 Å². The number of hydrazone groups is 1. The van der Waals surface area contributed by atoms with Crippen molar-refractivity contribution in [2.45, 2.75) is 20.8 Å². The number of imidazole rings is 1. The Kier molecular flexibility index (Phi) is 3.67. The van der Waals surface area contributed by atoms with Crippen molar-refractivity contribution in [3.63, 3.8) is 0 Å². The fourth-order valence-electron chi connectivity index (χ4n) is 2.57.